The molecule has 2 amide bonds. The number of imide groups is 1. The molecule has 0 bridgehead atoms. The van der Waals surface area contributed by atoms with Crippen LogP contribution in [0.25, 0.3) is 6.08 Å². The van der Waals surface area contributed by atoms with Crippen LogP contribution in [0.4, 0.5) is 17.1 Å². The molecule has 2 heterocycles. The number of carbonyl (C=O) groups excluding carboxylic acids is 2. The molecule has 0 radical (unpaired) electrons. The molecular weight excluding hydrogens is 548 g/mol. The summed E-state index contributed by atoms with van der Waals surface area (Å²) >= 11 is 0. The molecular formula is C38H42N2O4. The number of hydrogen-bond acceptors (Lipinski definition) is 5. The minimum Gasteiger partial charge on any atom is -0.508 e. The highest BCUT2D eigenvalue weighted by Crippen LogP contribution is 2.52. The Morgan fingerprint density at radius 2 is 1.70 bits per heavy atom. The van der Waals surface area contributed by atoms with E-state index in [2.05, 4.69) is 32.2 Å². The predicted molar refractivity (Wildman–Crippen MR) is 176 cm³/mol. The zero-order valence-electron chi connectivity index (χ0n) is 25.8. The molecule has 4 atom stereocenters. The Kier molecular flexibility index (Phi) is 8.72. The van der Waals surface area contributed by atoms with Crippen molar-refractivity contribution >= 4 is 35.0 Å². The number of nitrogens with one attached hydrogen (secondary N) is 1. The van der Waals surface area contributed by atoms with E-state index in [9.17, 15) is 14.7 Å². The van der Waals surface area contributed by atoms with Crippen LogP contribution < -0.4 is 10.2 Å². The fourth-order valence-electron chi connectivity index (χ4n) is 7.35. The minimum absolute atomic E-state index is 0.0527. The van der Waals surface area contributed by atoms with E-state index in [4.69, 9.17) is 4.74 Å². The van der Waals surface area contributed by atoms with E-state index < -0.39 is 0 Å². The molecule has 0 aromatic heterocycles. The summed E-state index contributed by atoms with van der Waals surface area (Å²) in [5.41, 5.74) is 7.38. The number of rotatable bonds is 10. The van der Waals surface area contributed by atoms with Gasteiger partial charge in [-0.2, -0.15) is 0 Å². The highest BCUT2D eigenvalue weighted by Gasteiger charge is 2.57. The van der Waals surface area contributed by atoms with E-state index in [0.717, 1.165) is 42.6 Å². The molecule has 0 unspecified atom stereocenters. The Hall–Kier alpha value is -4.16. The first-order chi connectivity index (χ1) is 21.3. The van der Waals surface area contributed by atoms with Gasteiger partial charge in [-0.25, -0.2) is 0 Å². The summed E-state index contributed by atoms with van der Waals surface area (Å²) in [7, 11) is 0. The standard InChI is InChI=1S/C38H42N2O4/c1-4-9-25(20-26-10-8-13-30(41)21-26)14-19-34-35-31(24(2)3)22-32-36(33(35)23-44-34)38(43)40(37(32)42)29-17-15-28(16-18-29)39-27-11-6-5-7-12-27/h5-8,10-13,15-18,20-21,24,32-34,36,39,41H,4,9,14,19,22-23H2,1-3H3/b25-20+/t32-,33+,34-,36-/m1/s1. The minimum atomic E-state index is -0.384. The molecule has 6 rings (SSSR count). The summed E-state index contributed by atoms with van der Waals surface area (Å²) in [5, 5.41) is 13.3. The maximum Gasteiger partial charge on any atom is 0.238 e. The van der Waals surface area contributed by atoms with Crippen molar-refractivity contribution in [2.45, 2.75) is 59.0 Å². The van der Waals surface area contributed by atoms with Crippen molar-refractivity contribution < 1.29 is 19.4 Å². The average Bonchev–Trinajstić information content (AvgIpc) is 3.54. The maximum absolute atomic E-state index is 14.0. The first kappa shape index (κ1) is 29.9. The van der Waals surface area contributed by atoms with Crippen LogP contribution in [0.15, 0.2) is 95.6 Å². The van der Waals surface area contributed by atoms with Crippen LogP contribution in [0.2, 0.25) is 0 Å². The van der Waals surface area contributed by atoms with Crippen LogP contribution in [0.3, 0.4) is 0 Å². The van der Waals surface area contributed by atoms with Crippen LogP contribution in [0, 0.1) is 23.7 Å². The molecule has 6 nitrogen and oxygen atoms in total. The van der Waals surface area contributed by atoms with Crippen LogP contribution in [0.1, 0.15) is 58.4 Å². The quantitative estimate of drug-likeness (QED) is 0.184. The van der Waals surface area contributed by atoms with Gasteiger partial charge in [0.2, 0.25) is 11.8 Å². The Morgan fingerprint density at radius 3 is 2.41 bits per heavy atom. The zero-order chi connectivity index (χ0) is 30.8. The normalized spacial score (nSPS) is 23.4. The lowest BCUT2D eigenvalue weighted by atomic mass is 9.67. The van der Waals surface area contributed by atoms with Crippen molar-refractivity contribution in [3.05, 3.63) is 101 Å². The van der Waals surface area contributed by atoms with E-state index >= 15 is 0 Å². The van der Waals surface area contributed by atoms with Crippen molar-refractivity contribution in [2.75, 3.05) is 16.8 Å². The third-order valence-corrected chi connectivity index (χ3v) is 9.37. The average molecular weight is 591 g/mol. The number of phenols is 1. The summed E-state index contributed by atoms with van der Waals surface area (Å²) < 4.78 is 6.47. The Bertz CT molecular complexity index is 1570. The lowest BCUT2D eigenvalue weighted by Gasteiger charge is -2.33. The fraction of sp³-hybridized carbons (Fsp3) is 0.368. The smallest absolute Gasteiger partial charge is 0.238 e. The van der Waals surface area contributed by atoms with E-state index in [-0.39, 0.29) is 47.3 Å². The number of fused-ring (bicyclic) bond motifs is 3. The van der Waals surface area contributed by atoms with E-state index in [1.54, 1.807) is 12.1 Å². The molecule has 0 spiro atoms. The first-order valence-corrected chi connectivity index (χ1v) is 16.0. The number of anilines is 3. The maximum atomic E-state index is 14.0. The Morgan fingerprint density at radius 1 is 0.955 bits per heavy atom. The van der Waals surface area contributed by atoms with Gasteiger partial charge in [-0.1, -0.05) is 74.7 Å². The molecule has 2 fully saturated rings. The number of hydrogen-bond donors (Lipinski definition) is 2. The van der Waals surface area contributed by atoms with Gasteiger partial charge in [0, 0.05) is 17.3 Å². The second-order valence-corrected chi connectivity index (χ2v) is 12.6. The molecule has 1 aliphatic carbocycles. The molecule has 3 aromatic carbocycles. The largest absolute Gasteiger partial charge is 0.508 e. The number of nitrogens with zero attached hydrogens (tertiary/aromatic N) is 1. The van der Waals surface area contributed by atoms with E-state index in [0.29, 0.717) is 18.7 Å². The molecule has 3 aromatic rings. The highest BCUT2D eigenvalue weighted by molar-refractivity contribution is 6.22. The second-order valence-electron chi connectivity index (χ2n) is 12.6. The number of aromatic hydroxyl groups is 1. The number of allylic oxidation sites excluding steroid dienone is 2. The van der Waals surface area contributed by atoms with E-state index in [1.807, 2.05) is 66.7 Å². The molecule has 228 valence electrons. The monoisotopic (exact) mass is 590 g/mol. The lowest BCUT2D eigenvalue weighted by molar-refractivity contribution is -0.122. The predicted octanol–water partition coefficient (Wildman–Crippen LogP) is 8.28. The summed E-state index contributed by atoms with van der Waals surface area (Å²) in [6.45, 7) is 7.04. The third-order valence-electron chi connectivity index (χ3n) is 9.37. The Balaban J connectivity index is 1.21. The van der Waals surface area contributed by atoms with Crippen molar-refractivity contribution in [3.8, 4) is 5.75 Å². The van der Waals surface area contributed by atoms with Crippen molar-refractivity contribution in [1.29, 1.82) is 0 Å². The van der Waals surface area contributed by atoms with Gasteiger partial charge in [0.05, 0.1) is 30.2 Å². The number of phenolic OH excluding ortho intramolecular Hbond substituents is 1. The highest BCUT2D eigenvalue weighted by atomic mass is 16.5. The van der Waals surface area contributed by atoms with Gasteiger partial charge >= 0.3 is 0 Å². The number of para-hydroxylation sites is 1. The van der Waals surface area contributed by atoms with Gasteiger partial charge in [-0.3, -0.25) is 14.5 Å². The van der Waals surface area contributed by atoms with Crippen LogP contribution in [-0.4, -0.2) is 29.6 Å². The molecule has 6 heteroatoms. The summed E-state index contributed by atoms with van der Waals surface area (Å²) in [4.78, 5) is 29.3. The molecule has 0 saturated carbocycles. The molecule has 2 N–H and O–H groups in total. The number of carbonyl (C=O) groups is 2. The van der Waals surface area contributed by atoms with Gasteiger partial charge in [0.15, 0.2) is 0 Å². The van der Waals surface area contributed by atoms with Gasteiger partial charge in [0.1, 0.15) is 5.75 Å². The molecule has 3 aliphatic rings. The molecule has 2 aliphatic heterocycles. The van der Waals surface area contributed by atoms with Gasteiger partial charge in [-0.05, 0) is 91.3 Å². The summed E-state index contributed by atoms with van der Waals surface area (Å²) in [5.74, 6) is -0.455. The van der Waals surface area contributed by atoms with Gasteiger partial charge < -0.3 is 15.2 Å². The number of ether oxygens (including phenoxy) is 1. The van der Waals surface area contributed by atoms with E-state index in [1.165, 1.54) is 21.6 Å². The van der Waals surface area contributed by atoms with Crippen molar-refractivity contribution in [3.63, 3.8) is 0 Å². The molecule has 2 saturated heterocycles. The first-order valence-electron chi connectivity index (χ1n) is 16.0. The Labute approximate surface area is 260 Å². The molecule has 44 heavy (non-hydrogen) atoms. The zero-order valence-corrected chi connectivity index (χ0v) is 25.8. The fourth-order valence-corrected chi connectivity index (χ4v) is 7.35. The van der Waals surface area contributed by atoms with Gasteiger partial charge in [-0.15, -0.1) is 0 Å². The van der Waals surface area contributed by atoms with Crippen LogP contribution in [-0.2, 0) is 14.3 Å². The topological polar surface area (TPSA) is 78.9 Å². The summed E-state index contributed by atoms with van der Waals surface area (Å²) in [6, 6.07) is 24.8. The lowest BCUT2D eigenvalue weighted by Crippen LogP contribution is -2.35. The van der Waals surface area contributed by atoms with Crippen LogP contribution >= 0.6 is 0 Å². The van der Waals surface area contributed by atoms with Crippen LogP contribution in [0.5, 0.6) is 5.75 Å². The van der Waals surface area contributed by atoms with Crippen molar-refractivity contribution in [1.82, 2.24) is 0 Å². The summed E-state index contributed by atoms with van der Waals surface area (Å²) in [6.07, 6.45) is 6.49. The number of benzene rings is 3. The van der Waals surface area contributed by atoms with Gasteiger partial charge in [0.25, 0.3) is 0 Å². The SMILES string of the molecule is CCC/C(=C\c1cccc(O)c1)CC[C@H]1OC[C@H]2C1=C(C(C)C)C[C@H]1C(=O)N(c3ccc(Nc4ccccc4)cc3)C(=O)[C@H]12. The third kappa shape index (κ3) is 5.96. The number of amides is 2. The van der Waals surface area contributed by atoms with Crippen molar-refractivity contribution in [2.24, 2.45) is 23.7 Å². The second kappa shape index (κ2) is 12.8.